The van der Waals surface area contributed by atoms with E-state index in [1.54, 1.807) is 31.0 Å². The largest absolute Gasteiger partial charge is 0.383 e. The van der Waals surface area contributed by atoms with E-state index in [1.807, 2.05) is 39.0 Å². The third kappa shape index (κ3) is 7.32. The van der Waals surface area contributed by atoms with E-state index in [-0.39, 0.29) is 47.4 Å². The van der Waals surface area contributed by atoms with Crippen LogP contribution in [-0.4, -0.2) is 72.1 Å². The average Bonchev–Trinajstić information content (AvgIpc) is 3.78. The number of aromatic amines is 1. The number of hydrogen-bond donors (Lipinski definition) is 4. The molecule has 2 fully saturated rings. The van der Waals surface area contributed by atoms with Gasteiger partial charge in [-0.2, -0.15) is 0 Å². The Morgan fingerprint density at radius 3 is 2.46 bits per heavy atom. The Kier molecular flexibility index (Phi) is 11.0. The van der Waals surface area contributed by atoms with Crippen LogP contribution in [-0.2, 0) is 19.7 Å². The summed E-state index contributed by atoms with van der Waals surface area (Å²) in [4.78, 5) is 50.4. The number of amides is 4. The number of halogens is 2. The Balaban J connectivity index is 1.53. The van der Waals surface area contributed by atoms with Crippen molar-refractivity contribution in [3.8, 4) is 0 Å². The van der Waals surface area contributed by atoms with Crippen molar-refractivity contribution in [1.29, 1.82) is 0 Å². The van der Waals surface area contributed by atoms with Crippen LogP contribution in [0.2, 0.25) is 5.02 Å². The van der Waals surface area contributed by atoms with Gasteiger partial charge in [-0.15, -0.1) is 0 Å². The van der Waals surface area contributed by atoms with Gasteiger partial charge in [-0.1, -0.05) is 44.0 Å². The minimum absolute atomic E-state index is 0.0749. The zero-order chi connectivity index (χ0) is 34.7. The molecule has 12 heteroatoms. The number of ether oxygens (including phenoxy) is 1. The first kappa shape index (κ1) is 35.6. The Morgan fingerprint density at radius 2 is 1.88 bits per heavy atom. The first-order valence-electron chi connectivity index (χ1n) is 16.9. The minimum Gasteiger partial charge on any atom is -0.383 e. The third-order valence-electron chi connectivity index (χ3n) is 10.0. The lowest BCUT2D eigenvalue weighted by molar-refractivity contribution is -0.135. The molecule has 4 atom stereocenters. The highest BCUT2D eigenvalue weighted by Gasteiger charge is 2.42. The molecule has 0 bridgehead atoms. The van der Waals surface area contributed by atoms with Gasteiger partial charge in [-0.25, -0.2) is 14.2 Å². The van der Waals surface area contributed by atoms with Crippen molar-refractivity contribution < 1.29 is 23.5 Å². The van der Waals surface area contributed by atoms with Crippen LogP contribution in [0.3, 0.4) is 0 Å². The first-order chi connectivity index (χ1) is 22.9. The number of benzene rings is 2. The highest BCUT2D eigenvalue weighted by atomic mass is 35.5. The summed E-state index contributed by atoms with van der Waals surface area (Å²) in [5.74, 6) is -1.11. The number of imidazole rings is 1. The van der Waals surface area contributed by atoms with Gasteiger partial charge in [0.05, 0.1) is 29.1 Å². The average molecular weight is 683 g/mol. The van der Waals surface area contributed by atoms with E-state index in [0.717, 1.165) is 32.1 Å². The molecule has 2 aliphatic rings. The monoisotopic (exact) mass is 682 g/mol. The summed E-state index contributed by atoms with van der Waals surface area (Å²) in [5, 5.41) is 9.33. The van der Waals surface area contributed by atoms with Crippen molar-refractivity contribution in [2.24, 2.45) is 11.8 Å². The predicted octanol–water partition coefficient (Wildman–Crippen LogP) is 5.97. The number of carbonyl (C=O) groups is 3. The van der Waals surface area contributed by atoms with E-state index in [9.17, 15) is 14.4 Å². The van der Waals surface area contributed by atoms with Gasteiger partial charge in [0, 0.05) is 43.2 Å². The zero-order valence-electron chi connectivity index (χ0n) is 28.7. The minimum atomic E-state index is -1.13. The van der Waals surface area contributed by atoms with E-state index in [1.165, 1.54) is 13.2 Å². The molecule has 2 saturated carbocycles. The molecule has 260 valence electrons. The van der Waals surface area contributed by atoms with Crippen molar-refractivity contribution in [2.45, 2.75) is 89.3 Å². The van der Waals surface area contributed by atoms with Crippen LogP contribution in [0.4, 0.5) is 9.18 Å². The van der Waals surface area contributed by atoms with Crippen LogP contribution in [0.1, 0.15) is 88.7 Å². The summed E-state index contributed by atoms with van der Waals surface area (Å²) < 4.78 is 21.0. The molecule has 2 aromatic carbocycles. The lowest BCUT2D eigenvalue weighted by atomic mass is 9.77. The summed E-state index contributed by atoms with van der Waals surface area (Å²) >= 11 is 6.61. The molecule has 5 rings (SSSR count). The maximum Gasteiger partial charge on any atom is 0.317 e. The molecular weight excluding hydrogens is 635 g/mol. The predicted molar refractivity (Wildman–Crippen MR) is 184 cm³/mol. The van der Waals surface area contributed by atoms with Crippen molar-refractivity contribution in [3.05, 3.63) is 64.2 Å². The summed E-state index contributed by atoms with van der Waals surface area (Å²) in [6.07, 6.45) is 4.68. The van der Waals surface area contributed by atoms with Crippen molar-refractivity contribution in [2.75, 3.05) is 27.3 Å². The highest BCUT2D eigenvalue weighted by Crippen LogP contribution is 2.42. The normalized spacial score (nSPS) is 18.0. The number of fused-ring (bicyclic) bond motifs is 1. The quantitative estimate of drug-likeness (QED) is 0.167. The van der Waals surface area contributed by atoms with Gasteiger partial charge in [0.2, 0.25) is 11.8 Å². The summed E-state index contributed by atoms with van der Waals surface area (Å²) in [7, 11) is 3.30. The number of nitrogens with one attached hydrogen (secondary N) is 4. The maximum atomic E-state index is 15.5. The van der Waals surface area contributed by atoms with Gasteiger partial charge in [-0.3, -0.25) is 9.59 Å². The number of methoxy groups -OCH3 is 1. The SMILES string of the molecule is CCNC(=O)C(NC(=O)C(C)(COC)c1ccc2nc(C(NC(=O)N(C)C3CC3)C(c3c(F)cccc3Cl)C(C)C)[nH]c2c1)C1CCC1. The standard InChI is InChI=1S/C36H48ClFN6O4/c1-7-39-33(45)30(21-10-8-11-21)42-34(46)36(4,19-48-6)22-14-17-26-27(18-22)41-32(40-26)31(43-35(47)44(5)23-15-16-23)28(20(2)3)29-24(37)12-9-13-25(29)38/h9,12-14,17-18,20-21,23,28,30-31H,7-8,10-11,15-16,19H2,1-6H3,(H,39,45)(H,40,41)(H,42,46)(H,43,47). The van der Waals surface area contributed by atoms with Gasteiger partial charge in [0.25, 0.3) is 0 Å². The number of carbonyl (C=O) groups excluding carboxylic acids is 3. The Labute approximate surface area is 286 Å². The second kappa shape index (κ2) is 14.8. The highest BCUT2D eigenvalue weighted by molar-refractivity contribution is 6.31. The molecule has 48 heavy (non-hydrogen) atoms. The van der Waals surface area contributed by atoms with Gasteiger partial charge in [-0.05, 0) is 81.2 Å². The zero-order valence-corrected chi connectivity index (χ0v) is 29.4. The second-order valence-electron chi connectivity index (χ2n) is 13.8. The topological polar surface area (TPSA) is 128 Å². The molecule has 0 saturated heterocycles. The fourth-order valence-corrected chi connectivity index (χ4v) is 7.04. The molecule has 10 nitrogen and oxygen atoms in total. The van der Waals surface area contributed by atoms with Gasteiger partial charge in [0.1, 0.15) is 17.7 Å². The van der Waals surface area contributed by atoms with E-state index >= 15 is 4.39 Å². The number of urea groups is 1. The lowest BCUT2D eigenvalue weighted by Crippen LogP contribution is -2.57. The van der Waals surface area contributed by atoms with E-state index in [2.05, 4.69) is 20.9 Å². The molecule has 0 aliphatic heterocycles. The summed E-state index contributed by atoms with van der Waals surface area (Å²) in [6.45, 7) is 8.13. The number of hydrogen-bond acceptors (Lipinski definition) is 5. The van der Waals surface area contributed by atoms with E-state index < -0.39 is 29.2 Å². The second-order valence-corrected chi connectivity index (χ2v) is 14.2. The van der Waals surface area contributed by atoms with Crippen LogP contribution < -0.4 is 16.0 Å². The molecule has 1 aromatic heterocycles. The molecule has 4 unspecified atom stereocenters. The van der Waals surface area contributed by atoms with E-state index in [0.29, 0.717) is 34.5 Å². The van der Waals surface area contributed by atoms with Gasteiger partial charge >= 0.3 is 6.03 Å². The smallest absolute Gasteiger partial charge is 0.317 e. The Morgan fingerprint density at radius 1 is 1.15 bits per heavy atom. The van der Waals surface area contributed by atoms with Crippen LogP contribution in [0, 0.1) is 17.7 Å². The van der Waals surface area contributed by atoms with Crippen molar-refractivity contribution >= 4 is 40.5 Å². The van der Waals surface area contributed by atoms with Crippen LogP contribution in [0.15, 0.2) is 36.4 Å². The summed E-state index contributed by atoms with van der Waals surface area (Å²) in [5.41, 5.74) is 1.09. The molecule has 0 spiro atoms. The number of aromatic nitrogens is 2. The number of H-pyrrole nitrogens is 1. The first-order valence-corrected chi connectivity index (χ1v) is 17.3. The van der Waals surface area contributed by atoms with Crippen molar-refractivity contribution in [1.82, 2.24) is 30.8 Å². The molecule has 1 heterocycles. The fraction of sp³-hybridized carbons (Fsp3) is 0.556. The van der Waals surface area contributed by atoms with Crippen LogP contribution in [0.25, 0.3) is 11.0 Å². The number of nitrogens with zero attached hydrogens (tertiary/aromatic N) is 2. The number of likely N-dealkylation sites (N-methyl/N-ethyl adjacent to an activating group) is 1. The number of rotatable bonds is 14. The molecule has 2 aliphatic carbocycles. The molecule has 3 aromatic rings. The fourth-order valence-electron chi connectivity index (χ4n) is 6.75. The maximum absolute atomic E-state index is 15.5. The van der Waals surface area contributed by atoms with Crippen molar-refractivity contribution in [3.63, 3.8) is 0 Å². The third-order valence-corrected chi connectivity index (χ3v) is 10.3. The molecule has 4 amide bonds. The van der Waals surface area contributed by atoms with Crippen LogP contribution >= 0.6 is 11.6 Å². The van der Waals surface area contributed by atoms with Crippen LogP contribution in [0.5, 0.6) is 0 Å². The Hall–Kier alpha value is -3.70. The lowest BCUT2D eigenvalue weighted by Gasteiger charge is -2.36. The molecule has 4 N–H and O–H groups in total. The molecule has 0 radical (unpaired) electrons. The van der Waals surface area contributed by atoms with Gasteiger partial charge in [0.15, 0.2) is 0 Å². The van der Waals surface area contributed by atoms with E-state index in [4.69, 9.17) is 21.3 Å². The van der Waals surface area contributed by atoms with Gasteiger partial charge < -0.3 is 30.6 Å². The Bertz CT molecular complexity index is 1620. The summed E-state index contributed by atoms with van der Waals surface area (Å²) in [6, 6.07) is 8.60. The molecular formula is C36H48ClFN6O4.